The molecule has 2 aromatic rings. The predicted octanol–water partition coefficient (Wildman–Crippen LogP) is 5.07. The summed E-state index contributed by atoms with van der Waals surface area (Å²) in [6, 6.07) is 3.65. The number of halogens is 8. The summed E-state index contributed by atoms with van der Waals surface area (Å²) >= 11 is 5.75. The molecule has 6 nitrogen and oxygen atoms in total. The van der Waals surface area contributed by atoms with Crippen LogP contribution < -0.4 is 11.1 Å². The maximum absolute atomic E-state index is 14.6. The highest BCUT2D eigenvalue weighted by Gasteiger charge is 2.59. The summed E-state index contributed by atoms with van der Waals surface area (Å²) in [5.41, 5.74) is -1.01. The quantitative estimate of drug-likeness (QED) is 0.562. The number of amidine groups is 1. The number of rotatable bonds is 3. The molecular weight excluding hydrogens is 497 g/mol. The lowest BCUT2D eigenvalue weighted by atomic mass is 9.89. The van der Waals surface area contributed by atoms with E-state index in [1.807, 2.05) is 0 Å². The number of nitrogens with zero attached hydrogens (tertiary/aromatic N) is 2. The maximum Gasteiger partial charge on any atom is 0.424 e. The molecule has 1 aliphatic heterocycles. The van der Waals surface area contributed by atoms with Crippen LogP contribution in [0, 0.1) is 5.82 Å². The molecule has 2 unspecified atom stereocenters. The van der Waals surface area contributed by atoms with E-state index in [0.717, 1.165) is 18.2 Å². The van der Waals surface area contributed by atoms with Crippen LogP contribution >= 0.6 is 11.6 Å². The van der Waals surface area contributed by atoms with E-state index >= 15 is 0 Å². The maximum atomic E-state index is 14.6. The first kappa shape index (κ1) is 25.7. The summed E-state index contributed by atoms with van der Waals surface area (Å²) in [5.74, 6) is -2.79. The Balaban J connectivity index is 1.91. The Labute approximate surface area is 193 Å². The minimum absolute atomic E-state index is 0.0571. The van der Waals surface area contributed by atoms with Crippen molar-refractivity contribution in [3.63, 3.8) is 0 Å². The molecule has 1 amide bonds. The van der Waals surface area contributed by atoms with Crippen LogP contribution in [0.5, 0.6) is 0 Å². The van der Waals surface area contributed by atoms with E-state index in [4.69, 9.17) is 22.1 Å². The Hall–Kier alpha value is -2.93. The Morgan fingerprint density at radius 1 is 1.18 bits per heavy atom. The van der Waals surface area contributed by atoms with E-state index in [1.54, 1.807) is 0 Å². The Morgan fingerprint density at radius 3 is 2.35 bits per heavy atom. The van der Waals surface area contributed by atoms with Crippen LogP contribution in [0.1, 0.15) is 35.5 Å². The number of aliphatic imine (C=N–C) groups is 1. The van der Waals surface area contributed by atoms with Crippen molar-refractivity contribution >= 4 is 29.0 Å². The van der Waals surface area contributed by atoms with Gasteiger partial charge in [0.05, 0.1) is 17.2 Å². The molecule has 0 radical (unpaired) electrons. The number of nitrogens with one attached hydrogen (secondary N) is 1. The van der Waals surface area contributed by atoms with Crippen molar-refractivity contribution in [3.05, 3.63) is 58.1 Å². The molecule has 2 heterocycles. The van der Waals surface area contributed by atoms with Crippen LogP contribution in [0.3, 0.4) is 0 Å². The molecule has 1 aromatic carbocycles. The zero-order chi connectivity index (χ0) is 25.7. The van der Waals surface area contributed by atoms with Gasteiger partial charge >= 0.3 is 12.4 Å². The number of carbonyl (C=O) groups excluding carboxylic acids is 1. The van der Waals surface area contributed by atoms with Gasteiger partial charge in [-0.15, -0.1) is 0 Å². The van der Waals surface area contributed by atoms with Gasteiger partial charge < -0.3 is 15.8 Å². The van der Waals surface area contributed by atoms with Gasteiger partial charge in [0.25, 0.3) is 5.91 Å². The number of carbonyl (C=O) groups is 1. The number of nitrogens with two attached hydrogens (primary N) is 1. The summed E-state index contributed by atoms with van der Waals surface area (Å²) in [5, 5.41) is 1.72. The smallest absolute Gasteiger partial charge is 0.385 e. The molecule has 1 aliphatic rings. The number of alkyl halides is 6. The van der Waals surface area contributed by atoms with Crippen molar-refractivity contribution in [2.75, 3.05) is 11.9 Å². The summed E-state index contributed by atoms with van der Waals surface area (Å²) in [6.07, 6.45) is -9.17. The van der Waals surface area contributed by atoms with Crippen molar-refractivity contribution in [1.29, 1.82) is 0 Å². The van der Waals surface area contributed by atoms with Gasteiger partial charge in [-0.1, -0.05) is 11.6 Å². The molecule has 0 spiro atoms. The van der Waals surface area contributed by atoms with Crippen molar-refractivity contribution in [2.24, 2.45) is 10.7 Å². The number of amides is 1. The lowest BCUT2D eigenvalue weighted by Gasteiger charge is -2.41. The molecule has 184 valence electrons. The Kier molecular flexibility index (Phi) is 6.33. The SMILES string of the molecule is CC1(c2cc(NC(=O)c3ncc(C(F)(F)F)cc3Cl)ccc2F)COC(C)(C(F)(F)F)C(N)=N1. The molecule has 0 fully saturated rings. The van der Waals surface area contributed by atoms with Crippen molar-refractivity contribution in [3.8, 4) is 0 Å². The van der Waals surface area contributed by atoms with Gasteiger partial charge in [-0.25, -0.2) is 9.37 Å². The Morgan fingerprint density at radius 2 is 1.82 bits per heavy atom. The minimum Gasteiger partial charge on any atom is -0.385 e. The first-order valence-corrected chi connectivity index (χ1v) is 9.76. The fourth-order valence-corrected chi connectivity index (χ4v) is 3.35. The lowest BCUT2D eigenvalue weighted by molar-refractivity contribution is -0.249. The van der Waals surface area contributed by atoms with E-state index < -0.39 is 63.9 Å². The van der Waals surface area contributed by atoms with E-state index in [9.17, 15) is 35.5 Å². The van der Waals surface area contributed by atoms with Gasteiger partial charge in [0.2, 0.25) is 5.60 Å². The topological polar surface area (TPSA) is 89.6 Å². The standard InChI is InChI=1S/C20H16ClF7N4O2/c1-17(8-34-18(2,16(29)32-17)20(26,27)28)11-6-10(3-4-13(11)22)31-15(33)14-12(21)5-9(7-30-14)19(23,24)25/h3-7H,8H2,1-2H3,(H2,29,32)(H,31,33). The van der Waals surface area contributed by atoms with Crippen LogP contribution in [0.25, 0.3) is 0 Å². The van der Waals surface area contributed by atoms with Gasteiger partial charge in [0, 0.05) is 17.4 Å². The van der Waals surface area contributed by atoms with Crippen molar-refractivity contribution in [2.45, 2.75) is 37.3 Å². The van der Waals surface area contributed by atoms with E-state index in [-0.39, 0.29) is 11.3 Å². The van der Waals surface area contributed by atoms with Crippen molar-refractivity contribution < 1.29 is 40.3 Å². The van der Waals surface area contributed by atoms with Crippen molar-refractivity contribution in [1.82, 2.24) is 4.98 Å². The first-order valence-electron chi connectivity index (χ1n) is 9.38. The second-order valence-electron chi connectivity index (χ2n) is 7.79. The molecule has 2 atom stereocenters. The Bertz CT molecular complexity index is 1170. The third-order valence-electron chi connectivity index (χ3n) is 5.23. The molecule has 0 bridgehead atoms. The predicted molar refractivity (Wildman–Crippen MR) is 108 cm³/mol. The van der Waals surface area contributed by atoms with E-state index in [0.29, 0.717) is 19.2 Å². The highest BCUT2D eigenvalue weighted by molar-refractivity contribution is 6.34. The molecule has 14 heteroatoms. The van der Waals surface area contributed by atoms with Crippen LogP contribution in [0.2, 0.25) is 5.02 Å². The van der Waals surface area contributed by atoms with Crippen LogP contribution in [0.15, 0.2) is 35.5 Å². The molecule has 3 rings (SSSR count). The summed E-state index contributed by atoms with van der Waals surface area (Å²) in [4.78, 5) is 19.7. The number of hydrogen-bond donors (Lipinski definition) is 2. The fraction of sp³-hybridized carbons (Fsp3) is 0.350. The summed E-state index contributed by atoms with van der Waals surface area (Å²) in [7, 11) is 0. The highest BCUT2D eigenvalue weighted by atomic mass is 35.5. The summed E-state index contributed by atoms with van der Waals surface area (Å²) < 4.78 is 97.8. The number of ether oxygens (including phenoxy) is 1. The zero-order valence-electron chi connectivity index (χ0n) is 17.4. The van der Waals surface area contributed by atoms with Gasteiger partial charge in [-0.2, -0.15) is 26.3 Å². The third-order valence-corrected chi connectivity index (χ3v) is 5.52. The molecule has 0 saturated carbocycles. The van der Waals surface area contributed by atoms with Gasteiger partial charge in [0.15, 0.2) is 0 Å². The fourth-order valence-electron chi connectivity index (χ4n) is 3.09. The van der Waals surface area contributed by atoms with Crippen LogP contribution in [-0.4, -0.2) is 35.1 Å². The molecule has 3 N–H and O–H groups in total. The molecule has 0 saturated heterocycles. The monoisotopic (exact) mass is 512 g/mol. The average molecular weight is 513 g/mol. The number of benzene rings is 1. The average Bonchev–Trinajstić information content (AvgIpc) is 2.70. The second kappa shape index (κ2) is 8.38. The molecule has 34 heavy (non-hydrogen) atoms. The number of aromatic nitrogens is 1. The molecular formula is C20H16ClF7N4O2. The van der Waals surface area contributed by atoms with Crippen LogP contribution in [-0.2, 0) is 16.5 Å². The van der Waals surface area contributed by atoms with Gasteiger partial charge in [-0.3, -0.25) is 9.79 Å². The zero-order valence-corrected chi connectivity index (χ0v) is 18.2. The van der Waals surface area contributed by atoms with Gasteiger partial charge in [0.1, 0.15) is 22.9 Å². The second-order valence-corrected chi connectivity index (χ2v) is 8.20. The normalized spacial score (nSPS) is 23.4. The molecule has 1 aromatic heterocycles. The molecule has 0 aliphatic carbocycles. The lowest BCUT2D eigenvalue weighted by Crippen LogP contribution is -2.60. The summed E-state index contributed by atoms with van der Waals surface area (Å²) in [6.45, 7) is 1.29. The first-order chi connectivity index (χ1) is 15.5. The third kappa shape index (κ3) is 4.67. The number of anilines is 1. The van der Waals surface area contributed by atoms with Crippen LogP contribution in [0.4, 0.5) is 36.4 Å². The van der Waals surface area contributed by atoms with E-state index in [2.05, 4.69) is 15.3 Å². The van der Waals surface area contributed by atoms with Gasteiger partial charge in [-0.05, 0) is 38.1 Å². The van der Waals surface area contributed by atoms with E-state index in [1.165, 1.54) is 6.92 Å². The minimum atomic E-state index is -4.87. The number of pyridine rings is 1. The highest BCUT2D eigenvalue weighted by Crippen LogP contribution is 2.41. The number of hydrogen-bond acceptors (Lipinski definition) is 5. The largest absolute Gasteiger partial charge is 0.424 e.